The molecule has 0 aliphatic carbocycles. The van der Waals surface area contributed by atoms with Crippen molar-refractivity contribution >= 4 is 10.2 Å². The third-order valence-corrected chi connectivity index (χ3v) is 3.04. The van der Waals surface area contributed by atoms with E-state index >= 15 is 0 Å². The Hall–Kier alpha value is 0.177. The van der Waals surface area contributed by atoms with Crippen LogP contribution in [0.4, 0.5) is 0 Å². The summed E-state index contributed by atoms with van der Waals surface area (Å²) in [5, 5.41) is 0. The standard InChI is InChI=1S/C8H13OSi/c10-4-3-6-5-7-1-2-8(6)9-7/h6-8H,1-5H2. The first-order chi connectivity index (χ1) is 4.90. The number of hydrogen-bond acceptors (Lipinski definition) is 1. The van der Waals surface area contributed by atoms with Crippen molar-refractivity contribution in [1.82, 2.24) is 0 Å². The molecule has 3 radical (unpaired) electrons. The summed E-state index contributed by atoms with van der Waals surface area (Å²) in [7, 11) is 3.52. The predicted octanol–water partition coefficient (Wildman–Crippen LogP) is 1.53. The Kier molecular flexibility index (Phi) is 1.83. The van der Waals surface area contributed by atoms with E-state index in [4.69, 9.17) is 4.74 Å². The van der Waals surface area contributed by atoms with Gasteiger partial charge < -0.3 is 4.74 Å². The molecule has 0 spiro atoms. The molecule has 55 valence electrons. The molecule has 2 heteroatoms. The van der Waals surface area contributed by atoms with Crippen molar-refractivity contribution in [2.75, 3.05) is 0 Å². The molecule has 2 bridgehead atoms. The lowest BCUT2D eigenvalue weighted by Crippen LogP contribution is -2.15. The van der Waals surface area contributed by atoms with E-state index in [2.05, 4.69) is 10.2 Å². The van der Waals surface area contributed by atoms with Crippen molar-refractivity contribution in [1.29, 1.82) is 0 Å². The van der Waals surface area contributed by atoms with E-state index in [1.807, 2.05) is 0 Å². The summed E-state index contributed by atoms with van der Waals surface area (Å²) in [5.41, 5.74) is 0. The minimum Gasteiger partial charge on any atom is -0.375 e. The van der Waals surface area contributed by atoms with E-state index in [1.54, 1.807) is 0 Å². The normalized spacial score (nSPS) is 44.7. The summed E-state index contributed by atoms with van der Waals surface area (Å²) in [6.07, 6.45) is 6.53. The molecule has 0 saturated carbocycles. The second-order valence-electron chi connectivity index (χ2n) is 3.41. The summed E-state index contributed by atoms with van der Waals surface area (Å²) in [6.45, 7) is 0. The van der Waals surface area contributed by atoms with Crippen LogP contribution in [0.5, 0.6) is 0 Å². The van der Waals surface area contributed by atoms with Gasteiger partial charge in [0.1, 0.15) is 0 Å². The quantitative estimate of drug-likeness (QED) is 0.547. The van der Waals surface area contributed by atoms with Crippen molar-refractivity contribution in [3.63, 3.8) is 0 Å². The van der Waals surface area contributed by atoms with Crippen molar-refractivity contribution in [3.05, 3.63) is 0 Å². The van der Waals surface area contributed by atoms with E-state index < -0.39 is 0 Å². The fourth-order valence-electron chi connectivity index (χ4n) is 2.23. The molecule has 0 aromatic rings. The van der Waals surface area contributed by atoms with E-state index in [0.29, 0.717) is 12.2 Å². The zero-order chi connectivity index (χ0) is 6.97. The maximum atomic E-state index is 5.72. The maximum absolute atomic E-state index is 5.72. The Morgan fingerprint density at radius 3 is 2.80 bits per heavy atom. The van der Waals surface area contributed by atoms with Crippen LogP contribution in [-0.2, 0) is 4.74 Å². The van der Waals surface area contributed by atoms with Crippen LogP contribution in [0.25, 0.3) is 0 Å². The van der Waals surface area contributed by atoms with Gasteiger partial charge in [-0.3, -0.25) is 0 Å². The van der Waals surface area contributed by atoms with Crippen LogP contribution in [0.15, 0.2) is 0 Å². The average Bonchev–Trinajstić information content (AvgIpc) is 2.48. The molecule has 0 N–H and O–H groups in total. The molecule has 0 aromatic heterocycles. The largest absolute Gasteiger partial charge is 0.375 e. The van der Waals surface area contributed by atoms with E-state index in [-0.39, 0.29) is 0 Å². The van der Waals surface area contributed by atoms with Gasteiger partial charge in [-0.2, -0.15) is 0 Å². The van der Waals surface area contributed by atoms with Gasteiger partial charge in [0.2, 0.25) is 0 Å². The second kappa shape index (κ2) is 2.66. The first kappa shape index (κ1) is 6.86. The Labute approximate surface area is 65.6 Å². The summed E-state index contributed by atoms with van der Waals surface area (Å²) >= 11 is 0. The van der Waals surface area contributed by atoms with Gasteiger partial charge in [-0.25, -0.2) is 0 Å². The summed E-state index contributed by atoms with van der Waals surface area (Å²) in [5.74, 6) is 0.872. The molecule has 3 atom stereocenters. The zero-order valence-corrected chi connectivity index (χ0v) is 7.18. The molecule has 3 unspecified atom stereocenters. The summed E-state index contributed by atoms with van der Waals surface area (Å²) in [6, 6.07) is 1.14. The van der Waals surface area contributed by atoms with Gasteiger partial charge in [0.15, 0.2) is 0 Å². The van der Waals surface area contributed by atoms with E-state index in [0.717, 1.165) is 12.0 Å². The second-order valence-corrected chi connectivity index (χ2v) is 3.91. The number of fused-ring (bicyclic) bond motifs is 2. The SMILES string of the molecule is [Si]CCC1CC2CCC1O2. The monoisotopic (exact) mass is 153 g/mol. The molecule has 2 saturated heterocycles. The smallest absolute Gasteiger partial charge is 0.0608 e. The van der Waals surface area contributed by atoms with Gasteiger partial charge in [0, 0.05) is 10.2 Å². The Morgan fingerprint density at radius 1 is 1.40 bits per heavy atom. The van der Waals surface area contributed by atoms with Crippen molar-refractivity contribution in [3.8, 4) is 0 Å². The molecule has 2 heterocycles. The molecule has 2 rings (SSSR count). The first-order valence-electron chi connectivity index (χ1n) is 4.20. The minimum absolute atomic E-state index is 0.626. The number of rotatable bonds is 2. The highest BCUT2D eigenvalue weighted by Crippen LogP contribution is 2.40. The molecule has 0 aromatic carbocycles. The van der Waals surface area contributed by atoms with Crippen molar-refractivity contribution < 1.29 is 4.74 Å². The number of ether oxygens (including phenoxy) is 1. The third kappa shape index (κ3) is 1.03. The van der Waals surface area contributed by atoms with Crippen LogP contribution in [0.3, 0.4) is 0 Å². The van der Waals surface area contributed by atoms with Gasteiger partial charge in [-0.1, -0.05) is 12.5 Å². The third-order valence-electron chi connectivity index (χ3n) is 2.75. The molecule has 2 aliphatic heterocycles. The summed E-state index contributed by atoms with van der Waals surface area (Å²) in [4.78, 5) is 0. The minimum atomic E-state index is 0.626. The van der Waals surface area contributed by atoms with Crippen LogP contribution in [0.1, 0.15) is 25.7 Å². The molecule has 2 aliphatic rings. The predicted molar refractivity (Wildman–Crippen MR) is 41.2 cm³/mol. The van der Waals surface area contributed by atoms with Gasteiger partial charge >= 0.3 is 0 Å². The lowest BCUT2D eigenvalue weighted by molar-refractivity contribution is 0.0920. The maximum Gasteiger partial charge on any atom is 0.0608 e. The van der Waals surface area contributed by atoms with Crippen LogP contribution >= 0.6 is 0 Å². The molecule has 1 nitrogen and oxygen atoms in total. The highest BCUT2D eigenvalue weighted by molar-refractivity contribution is 6.08. The zero-order valence-electron chi connectivity index (χ0n) is 6.18. The molecule has 0 amide bonds. The van der Waals surface area contributed by atoms with Crippen LogP contribution in [0, 0.1) is 5.92 Å². The van der Waals surface area contributed by atoms with Gasteiger partial charge in [0.05, 0.1) is 12.2 Å². The van der Waals surface area contributed by atoms with E-state index in [1.165, 1.54) is 25.7 Å². The van der Waals surface area contributed by atoms with Crippen LogP contribution < -0.4 is 0 Å². The number of hydrogen-bond donors (Lipinski definition) is 0. The first-order valence-corrected chi connectivity index (χ1v) is 4.91. The van der Waals surface area contributed by atoms with Crippen LogP contribution in [-0.4, -0.2) is 22.5 Å². The Bertz CT molecular complexity index is 126. The van der Waals surface area contributed by atoms with Gasteiger partial charge in [-0.05, 0) is 25.2 Å². The van der Waals surface area contributed by atoms with Gasteiger partial charge in [0.25, 0.3) is 0 Å². The molecule has 2 fully saturated rings. The average molecular weight is 153 g/mol. The Balaban J connectivity index is 1.90. The fourth-order valence-corrected chi connectivity index (χ4v) is 2.60. The van der Waals surface area contributed by atoms with Gasteiger partial charge in [-0.15, -0.1) is 0 Å². The van der Waals surface area contributed by atoms with E-state index in [9.17, 15) is 0 Å². The topological polar surface area (TPSA) is 9.23 Å². The molecular formula is C8H13OSi. The highest BCUT2D eigenvalue weighted by atomic mass is 28.1. The Morgan fingerprint density at radius 2 is 2.30 bits per heavy atom. The molecular weight excluding hydrogens is 140 g/mol. The lowest BCUT2D eigenvalue weighted by atomic mass is 9.87. The molecule has 10 heavy (non-hydrogen) atoms. The van der Waals surface area contributed by atoms with Crippen molar-refractivity contribution in [2.45, 2.75) is 43.9 Å². The van der Waals surface area contributed by atoms with Crippen LogP contribution in [0.2, 0.25) is 6.04 Å². The highest BCUT2D eigenvalue weighted by Gasteiger charge is 2.39. The summed E-state index contributed by atoms with van der Waals surface area (Å²) < 4.78 is 5.72. The van der Waals surface area contributed by atoms with Crippen molar-refractivity contribution in [2.24, 2.45) is 5.92 Å². The lowest BCUT2D eigenvalue weighted by Gasteiger charge is -2.16. The fraction of sp³-hybridized carbons (Fsp3) is 1.00.